The van der Waals surface area contributed by atoms with Crippen molar-refractivity contribution >= 4 is 17.2 Å². The molecule has 0 amide bonds. The van der Waals surface area contributed by atoms with Gasteiger partial charge in [-0.1, -0.05) is 11.2 Å². The standard InChI is InChI=1S/C19H22N4OS/c1-13-3-6-18(20-12-13)23-9-7-15(8-10-23)19-21-17(22-24-19)11-16-5-4-14(2)25-16/h3-6,12,15H,7-11H2,1-2H3. The highest BCUT2D eigenvalue weighted by Gasteiger charge is 2.25. The number of hydrogen-bond donors (Lipinski definition) is 0. The Hall–Kier alpha value is -2.21. The summed E-state index contributed by atoms with van der Waals surface area (Å²) in [6.07, 6.45) is 4.73. The molecule has 3 aromatic heterocycles. The number of aryl methyl sites for hydroxylation is 2. The van der Waals surface area contributed by atoms with E-state index in [1.165, 1.54) is 15.3 Å². The van der Waals surface area contributed by atoms with Gasteiger partial charge in [-0.25, -0.2) is 4.98 Å². The topological polar surface area (TPSA) is 55.1 Å². The first kappa shape index (κ1) is 16.3. The van der Waals surface area contributed by atoms with Gasteiger partial charge >= 0.3 is 0 Å². The number of aromatic nitrogens is 3. The molecule has 5 nitrogen and oxygen atoms in total. The highest BCUT2D eigenvalue weighted by atomic mass is 32.1. The van der Waals surface area contributed by atoms with Crippen molar-refractivity contribution in [2.75, 3.05) is 18.0 Å². The Morgan fingerprint density at radius 2 is 2.00 bits per heavy atom. The van der Waals surface area contributed by atoms with Crippen molar-refractivity contribution in [2.24, 2.45) is 0 Å². The van der Waals surface area contributed by atoms with Gasteiger partial charge in [0.25, 0.3) is 0 Å². The summed E-state index contributed by atoms with van der Waals surface area (Å²) in [4.78, 5) is 14.1. The second-order valence-electron chi connectivity index (χ2n) is 6.69. The van der Waals surface area contributed by atoms with Crippen molar-refractivity contribution in [3.63, 3.8) is 0 Å². The Balaban J connectivity index is 1.37. The monoisotopic (exact) mass is 354 g/mol. The minimum absolute atomic E-state index is 0.355. The van der Waals surface area contributed by atoms with E-state index in [1.807, 2.05) is 6.20 Å². The Bertz CT molecular complexity index is 831. The van der Waals surface area contributed by atoms with E-state index in [1.54, 1.807) is 11.3 Å². The Kier molecular flexibility index (Phi) is 4.53. The van der Waals surface area contributed by atoms with Gasteiger partial charge in [0.1, 0.15) is 5.82 Å². The van der Waals surface area contributed by atoms with Crippen LogP contribution in [0.2, 0.25) is 0 Å². The molecule has 4 heterocycles. The predicted molar refractivity (Wildman–Crippen MR) is 99.3 cm³/mol. The minimum atomic E-state index is 0.355. The lowest BCUT2D eigenvalue weighted by atomic mass is 9.97. The zero-order chi connectivity index (χ0) is 17.2. The predicted octanol–water partition coefficient (Wildman–Crippen LogP) is 4.12. The summed E-state index contributed by atoms with van der Waals surface area (Å²) in [5, 5.41) is 4.18. The number of nitrogens with zero attached hydrogens (tertiary/aromatic N) is 4. The van der Waals surface area contributed by atoms with Crippen molar-refractivity contribution in [3.05, 3.63) is 57.5 Å². The summed E-state index contributed by atoms with van der Waals surface area (Å²) in [5.74, 6) is 3.00. The van der Waals surface area contributed by atoms with Crippen LogP contribution in [0.25, 0.3) is 0 Å². The Labute approximate surface area is 151 Å². The van der Waals surface area contributed by atoms with Crippen molar-refractivity contribution in [1.29, 1.82) is 0 Å². The van der Waals surface area contributed by atoms with Crippen molar-refractivity contribution in [1.82, 2.24) is 15.1 Å². The molecule has 3 aromatic rings. The number of rotatable bonds is 4. The summed E-state index contributed by atoms with van der Waals surface area (Å²) < 4.78 is 5.55. The number of pyridine rings is 1. The average molecular weight is 354 g/mol. The molecule has 0 radical (unpaired) electrons. The van der Waals surface area contributed by atoms with Gasteiger partial charge in [0.2, 0.25) is 5.89 Å². The number of hydrogen-bond acceptors (Lipinski definition) is 6. The molecule has 0 N–H and O–H groups in total. The van der Waals surface area contributed by atoms with E-state index in [2.05, 4.69) is 58.1 Å². The van der Waals surface area contributed by atoms with E-state index in [9.17, 15) is 0 Å². The van der Waals surface area contributed by atoms with Crippen LogP contribution in [0.4, 0.5) is 5.82 Å². The quantitative estimate of drug-likeness (QED) is 0.705. The van der Waals surface area contributed by atoms with Crippen LogP contribution >= 0.6 is 11.3 Å². The molecule has 6 heteroatoms. The number of piperidine rings is 1. The van der Waals surface area contributed by atoms with Gasteiger partial charge in [0.15, 0.2) is 5.82 Å². The summed E-state index contributed by atoms with van der Waals surface area (Å²) in [5.41, 5.74) is 1.19. The third-order valence-electron chi connectivity index (χ3n) is 4.68. The molecule has 1 aliphatic rings. The first-order chi connectivity index (χ1) is 12.2. The van der Waals surface area contributed by atoms with Crippen LogP contribution in [-0.2, 0) is 6.42 Å². The van der Waals surface area contributed by atoms with Gasteiger partial charge in [-0.05, 0) is 50.5 Å². The maximum atomic E-state index is 5.55. The molecule has 0 spiro atoms. The van der Waals surface area contributed by atoms with E-state index in [-0.39, 0.29) is 0 Å². The van der Waals surface area contributed by atoms with Gasteiger partial charge in [0, 0.05) is 41.4 Å². The average Bonchev–Trinajstić information content (AvgIpc) is 3.25. The molecule has 0 aliphatic carbocycles. The van der Waals surface area contributed by atoms with Gasteiger partial charge in [0.05, 0.1) is 0 Å². The van der Waals surface area contributed by atoms with Gasteiger partial charge in [-0.15, -0.1) is 11.3 Å². The Morgan fingerprint density at radius 3 is 2.68 bits per heavy atom. The maximum absolute atomic E-state index is 5.55. The summed E-state index contributed by atoms with van der Waals surface area (Å²) >= 11 is 1.79. The Morgan fingerprint density at radius 1 is 1.16 bits per heavy atom. The van der Waals surface area contributed by atoms with Crippen LogP contribution in [-0.4, -0.2) is 28.2 Å². The van der Waals surface area contributed by atoms with Crippen molar-refractivity contribution in [2.45, 2.75) is 39.0 Å². The summed E-state index contributed by atoms with van der Waals surface area (Å²) in [6, 6.07) is 8.49. The highest BCUT2D eigenvalue weighted by molar-refractivity contribution is 7.11. The molecule has 4 rings (SSSR count). The molecule has 0 aromatic carbocycles. The molecular weight excluding hydrogens is 332 g/mol. The first-order valence-corrected chi connectivity index (χ1v) is 9.54. The van der Waals surface area contributed by atoms with E-state index >= 15 is 0 Å². The lowest BCUT2D eigenvalue weighted by Crippen LogP contribution is -2.33. The number of thiophene rings is 1. The SMILES string of the molecule is Cc1ccc(N2CCC(c3nc(Cc4ccc(C)s4)no3)CC2)nc1. The van der Waals surface area contributed by atoms with Crippen LogP contribution in [0.3, 0.4) is 0 Å². The van der Waals surface area contributed by atoms with Crippen LogP contribution in [0.5, 0.6) is 0 Å². The fourth-order valence-electron chi connectivity index (χ4n) is 3.24. The summed E-state index contributed by atoms with van der Waals surface area (Å²) in [6.45, 7) is 6.13. The smallest absolute Gasteiger partial charge is 0.229 e. The lowest BCUT2D eigenvalue weighted by Gasteiger charge is -2.31. The minimum Gasteiger partial charge on any atom is -0.357 e. The largest absolute Gasteiger partial charge is 0.357 e. The molecule has 1 saturated heterocycles. The maximum Gasteiger partial charge on any atom is 0.229 e. The van der Waals surface area contributed by atoms with E-state index in [4.69, 9.17) is 4.52 Å². The van der Waals surface area contributed by atoms with Crippen LogP contribution < -0.4 is 4.90 Å². The normalized spacial score (nSPS) is 15.7. The fourth-order valence-corrected chi connectivity index (χ4v) is 4.13. The molecule has 0 bridgehead atoms. The van der Waals surface area contributed by atoms with Gasteiger partial charge in [-0.2, -0.15) is 4.98 Å². The molecule has 0 atom stereocenters. The van der Waals surface area contributed by atoms with Crippen LogP contribution in [0.1, 0.15) is 45.8 Å². The molecule has 1 aliphatic heterocycles. The molecule has 0 unspecified atom stereocenters. The molecule has 25 heavy (non-hydrogen) atoms. The second-order valence-corrected chi connectivity index (χ2v) is 8.07. The second kappa shape index (κ2) is 6.96. The highest BCUT2D eigenvalue weighted by Crippen LogP contribution is 2.29. The first-order valence-electron chi connectivity index (χ1n) is 8.73. The van der Waals surface area contributed by atoms with Crippen molar-refractivity contribution in [3.8, 4) is 0 Å². The van der Waals surface area contributed by atoms with Crippen LogP contribution in [0.15, 0.2) is 35.0 Å². The van der Waals surface area contributed by atoms with Gasteiger partial charge < -0.3 is 9.42 Å². The molecule has 130 valence electrons. The number of anilines is 1. The molecular formula is C19H22N4OS. The van der Waals surface area contributed by atoms with Crippen molar-refractivity contribution < 1.29 is 4.52 Å². The summed E-state index contributed by atoms with van der Waals surface area (Å²) in [7, 11) is 0. The lowest BCUT2D eigenvalue weighted by molar-refractivity contribution is 0.327. The molecule has 1 fully saturated rings. The zero-order valence-electron chi connectivity index (χ0n) is 14.6. The zero-order valence-corrected chi connectivity index (χ0v) is 15.4. The third-order valence-corrected chi connectivity index (χ3v) is 5.68. The van der Waals surface area contributed by atoms with E-state index in [0.717, 1.165) is 49.9 Å². The van der Waals surface area contributed by atoms with E-state index in [0.29, 0.717) is 5.92 Å². The van der Waals surface area contributed by atoms with Crippen LogP contribution in [0, 0.1) is 13.8 Å². The van der Waals surface area contributed by atoms with Gasteiger partial charge in [-0.3, -0.25) is 0 Å². The fraction of sp³-hybridized carbons (Fsp3) is 0.421. The third kappa shape index (κ3) is 3.74. The van der Waals surface area contributed by atoms with E-state index < -0.39 is 0 Å². The molecule has 0 saturated carbocycles.